The number of anilines is 1. The lowest BCUT2D eigenvalue weighted by Crippen LogP contribution is -2.16. The fourth-order valence-corrected chi connectivity index (χ4v) is 3.06. The highest BCUT2D eigenvalue weighted by molar-refractivity contribution is 7.99. The van der Waals surface area contributed by atoms with Crippen molar-refractivity contribution in [2.75, 3.05) is 18.2 Å². The summed E-state index contributed by atoms with van der Waals surface area (Å²) in [6, 6.07) is 7.09. The number of nitrogens with one attached hydrogen (secondary N) is 2. The van der Waals surface area contributed by atoms with E-state index in [2.05, 4.69) is 20.5 Å². The van der Waals surface area contributed by atoms with Crippen LogP contribution in [0.4, 0.5) is 5.69 Å². The van der Waals surface area contributed by atoms with Crippen molar-refractivity contribution in [3.05, 3.63) is 45.9 Å². The quantitative estimate of drug-likeness (QED) is 0.673. The molecule has 0 aliphatic heterocycles. The first kappa shape index (κ1) is 17.0. The molecule has 2 N–H and O–H groups in total. The highest BCUT2D eigenvalue weighted by Gasteiger charge is 2.14. The number of carbonyl (C=O) groups excluding carboxylic acids is 1. The summed E-state index contributed by atoms with van der Waals surface area (Å²) in [7, 11) is 1.59. The molecular formula is C16H17N5O3S. The van der Waals surface area contributed by atoms with Crippen molar-refractivity contribution in [1.29, 1.82) is 0 Å². The zero-order valence-corrected chi connectivity index (χ0v) is 14.8. The zero-order chi connectivity index (χ0) is 18.0. The van der Waals surface area contributed by atoms with Gasteiger partial charge in [0.25, 0.3) is 5.56 Å². The molecule has 0 radical (unpaired) electrons. The molecule has 0 aliphatic rings. The van der Waals surface area contributed by atoms with Gasteiger partial charge in [-0.15, -0.1) is 10.2 Å². The molecule has 9 heteroatoms. The maximum Gasteiger partial charge on any atom is 0.255 e. The average molecular weight is 359 g/mol. The van der Waals surface area contributed by atoms with Gasteiger partial charge in [-0.3, -0.25) is 19.0 Å². The van der Waals surface area contributed by atoms with Crippen LogP contribution in [0.1, 0.15) is 11.3 Å². The van der Waals surface area contributed by atoms with E-state index in [-0.39, 0.29) is 17.2 Å². The molecule has 0 fully saturated rings. The van der Waals surface area contributed by atoms with E-state index in [0.717, 1.165) is 11.4 Å². The fourth-order valence-electron chi connectivity index (χ4n) is 2.28. The van der Waals surface area contributed by atoms with Gasteiger partial charge >= 0.3 is 0 Å². The van der Waals surface area contributed by atoms with Crippen LogP contribution in [0.25, 0.3) is 5.78 Å². The summed E-state index contributed by atoms with van der Waals surface area (Å²) < 4.78 is 6.82. The summed E-state index contributed by atoms with van der Waals surface area (Å²) in [5.74, 6) is 1.10. The molecule has 1 amide bonds. The van der Waals surface area contributed by atoms with Crippen molar-refractivity contribution < 1.29 is 9.53 Å². The van der Waals surface area contributed by atoms with Crippen LogP contribution in [0.5, 0.6) is 5.75 Å². The molecule has 0 aliphatic carbocycles. The Labute approximate surface area is 147 Å². The van der Waals surface area contributed by atoms with Crippen molar-refractivity contribution >= 4 is 29.1 Å². The number of rotatable bonds is 5. The van der Waals surface area contributed by atoms with Crippen molar-refractivity contribution in [1.82, 2.24) is 19.6 Å². The smallest absolute Gasteiger partial charge is 0.255 e. The molecule has 8 nitrogen and oxygen atoms in total. The molecule has 1 aromatic carbocycles. The van der Waals surface area contributed by atoms with E-state index in [0.29, 0.717) is 22.2 Å². The molecule has 0 bridgehead atoms. The van der Waals surface area contributed by atoms with Gasteiger partial charge < -0.3 is 10.1 Å². The van der Waals surface area contributed by atoms with E-state index < -0.39 is 0 Å². The monoisotopic (exact) mass is 359 g/mol. The van der Waals surface area contributed by atoms with E-state index in [1.54, 1.807) is 42.7 Å². The number of carbonyl (C=O) groups is 1. The highest BCUT2D eigenvalue weighted by Crippen LogP contribution is 2.19. The second-order valence-corrected chi connectivity index (χ2v) is 6.31. The number of ether oxygens (including phenoxy) is 1. The molecular weight excluding hydrogens is 342 g/mol. The number of aromatic nitrogens is 4. The number of fused-ring (bicyclic) bond motifs is 1. The largest absolute Gasteiger partial charge is 0.497 e. The predicted molar refractivity (Wildman–Crippen MR) is 95.4 cm³/mol. The molecule has 2 heterocycles. The standard InChI is InChI=1S/C16H17N5O3S/c1-9-10(2)21-15(18-14(9)23)19-20-16(21)25-8-13(22)17-11-4-6-12(24-3)7-5-11/h4-7H,8H2,1-3H3,(H,17,22)(H,18,19,23). The number of thioether (sulfide) groups is 1. The number of methoxy groups -OCH3 is 1. The van der Waals surface area contributed by atoms with Crippen LogP contribution in [-0.4, -0.2) is 38.4 Å². The summed E-state index contributed by atoms with van der Waals surface area (Å²) in [4.78, 5) is 26.6. The molecule has 0 unspecified atom stereocenters. The third-order valence-corrected chi connectivity index (χ3v) is 4.71. The summed E-state index contributed by atoms with van der Waals surface area (Å²) in [5.41, 5.74) is 1.85. The lowest BCUT2D eigenvalue weighted by atomic mass is 10.3. The average Bonchev–Trinajstić information content (AvgIpc) is 3.01. The van der Waals surface area contributed by atoms with Crippen LogP contribution in [0.3, 0.4) is 0 Å². The van der Waals surface area contributed by atoms with Gasteiger partial charge in [-0.2, -0.15) is 0 Å². The molecule has 130 valence electrons. The topological polar surface area (TPSA) is 101 Å². The van der Waals surface area contributed by atoms with Crippen molar-refractivity contribution in [2.45, 2.75) is 19.0 Å². The number of aromatic amines is 1. The molecule has 0 spiro atoms. The third-order valence-electron chi connectivity index (χ3n) is 3.78. The molecule has 0 atom stereocenters. The number of amides is 1. The number of benzene rings is 1. The molecule has 3 rings (SSSR count). The van der Waals surface area contributed by atoms with E-state index in [1.807, 2.05) is 6.92 Å². The summed E-state index contributed by atoms with van der Waals surface area (Å²) >= 11 is 1.25. The third kappa shape index (κ3) is 3.50. The molecule has 0 saturated heterocycles. The highest BCUT2D eigenvalue weighted by atomic mass is 32.2. The minimum absolute atomic E-state index is 0.161. The van der Waals surface area contributed by atoms with Gasteiger partial charge in [-0.25, -0.2) is 0 Å². The van der Waals surface area contributed by atoms with Crippen LogP contribution in [0, 0.1) is 13.8 Å². The summed E-state index contributed by atoms with van der Waals surface area (Å²) in [6.45, 7) is 3.56. The van der Waals surface area contributed by atoms with Gasteiger partial charge in [0.2, 0.25) is 11.7 Å². The first-order valence-corrected chi connectivity index (χ1v) is 8.49. The maximum atomic E-state index is 12.1. The van der Waals surface area contributed by atoms with Gasteiger partial charge in [0.15, 0.2) is 5.16 Å². The van der Waals surface area contributed by atoms with Crippen LogP contribution >= 0.6 is 11.8 Å². The first-order chi connectivity index (χ1) is 12.0. The minimum atomic E-state index is -0.189. The van der Waals surface area contributed by atoms with Gasteiger partial charge in [0, 0.05) is 16.9 Å². The summed E-state index contributed by atoms with van der Waals surface area (Å²) in [6.07, 6.45) is 0. The molecule has 2 aromatic heterocycles. The number of hydrogen-bond acceptors (Lipinski definition) is 6. The lowest BCUT2D eigenvalue weighted by Gasteiger charge is -2.07. The fraction of sp³-hybridized carbons (Fsp3) is 0.250. The van der Waals surface area contributed by atoms with Gasteiger partial charge in [-0.1, -0.05) is 11.8 Å². The lowest BCUT2D eigenvalue weighted by molar-refractivity contribution is -0.113. The number of nitrogens with zero attached hydrogens (tertiary/aromatic N) is 3. The second-order valence-electron chi connectivity index (χ2n) is 5.37. The Morgan fingerprint density at radius 1 is 1.28 bits per heavy atom. The van der Waals surface area contributed by atoms with Crippen LogP contribution in [0.2, 0.25) is 0 Å². The van der Waals surface area contributed by atoms with E-state index in [1.165, 1.54) is 11.8 Å². The Bertz CT molecular complexity index is 978. The minimum Gasteiger partial charge on any atom is -0.497 e. The Morgan fingerprint density at radius 2 is 2.00 bits per heavy atom. The Balaban J connectivity index is 1.71. The van der Waals surface area contributed by atoms with E-state index >= 15 is 0 Å². The van der Waals surface area contributed by atoms with Gasteiger partial charge in [-0.05, 0) is 38.1 Å². The van der Waals surface area contributed by atoms with Crippen LogP contribution < -0.4 is 15.6 Å². The normalized spacial score (nSPS) is 10.8. The maximum absolute atomic E-state index is 12.1. The predicted octanol–water partition coefficient (Wildman–Crippen LogP) is 1.77. The van der Waals surface area contributed by atoms with Crippen LogP contribution in [0.15, 0.2) is 34.2 Å². The SMILES string of the molecule is COc1ccc(NC(=O)CSc2nnc3[nH]c(=O)c(C)c(C)n23)cc1. The molecule has 25 heavy (non-hydrogen) atoms. The number of H-pyrrole nitrogens is 1. The Morgan fingerprint density at radius 3 is 2.68 bits per heavy atom. The number of aryl methyl sites for hydroxylation is 1. The zero-order valence-electron chi connectivity index (χ0n) is 14.0. The van der Waals surface area contributed by atoms with Crippen molar-refractivity contribution in [2.24, 2.45) is 0 Å². The summed E-state index contributed by atoms with van der Waals surface area (Å²) in [5, 5.41) is 11.4. The Kier molecular flexibility index (Phi) is 4.75. The molecule has 0 saturated carbocycles. The van der Waals surface area contributed by atoms with E-state index in [4.69, 9.17) is 4.74 Å². The van der Waals surface area contributed by atoms with Crippen molar-refractivity contribution in [3.8, 4) is 5.75 Å². The van der Waals surface area contributed by atoms with Crippen LogP contribution in [-0.2, 0) is 4.79 Å². The van der Waals surface area contributed by atoms with Gasteiger partial charge in [0.05, 0.1) is 12.9 Å². The first-order valence-electron chi connectivity index (χ1n) is 7.51. The molecule has 3 aromatic rings. The number of hydrogen-bond donors (Lipinski definition) is 2. The Hall–Kier alpha value is -2.81. The van der Waals surface area contributed by atoms with Crippen molar-refractivity contribution in [3.63, 3.8) is 0 Å². The van der Waals surface area contributed by atoms with Gasteiger partial charge in [0.1, 0.15) is 5.75 Å². The van der Waals surface area contributed by atoms with E-state index in [9.17, 15) is 9.59 Å². The second kappa shape index (κ2) is 6.98.